The van der Waals surface area contributed by atoms with E-state index in [2.05, 4.69) is 382 Å². The minimum atomic E-state index is 0.921. The highest BCUT2D eigenvalue weighted by Crippen LogP contribution is 2.55. The summed E-state index contributed by atoms with van der Waals surface area (Å²) in [6.07, 6.45) is 0. The number of hydrogen-bond acceptors (Lipinski definition) is 6. The minimum absolute atomic E-state index is 0.921. The molecule has 0 fully saturated rings. The predicted molar refractivity (Wildman–Crippen MR) is 494 cm³/mol. The molecule has 532 valence electrons. The molecule has 0 spiro atoms. The SMILES string of the molecule is c1ccc(-n2c3ccccc3c3oc4c(-c5cccc6c5sc5c(-c7cccc8c7sc7c9ccccc9n(-c9ccccc9)c87)cccc56)cccc4c32)cc1.c1ccc(-n2c3ccccc3c3sc4c(-c5cccc6c5sc5c(-c7cccc8c7sc7c9ccccc9n(-c9ccccc9)c87)cccc56)cccc4c32)cc1. The third-order valence-electron chi connectivity index (χ3n) is 23.5. The first-order chi connectivity index (χ1) is 56.6. The van der Waals surface area contributed by atoms with Crippen LogP contribution in [0.1, 0.15) is 0 Å². The van der Waals surface area contributed by atoms with Crippen LogP contribution < -0.4 is 0 Å². The number of para-hydroxylation sites is 9. The predicted octanol–water partition coefficient (Wildman–Crippen LogP) is 31.6. The Morgan fingerprint density at radius 1 is 0.149 bits per heavy atom. The van der Waals surface area contributed by atoms with Crippen molar-refractivity contribution in [1.29, 1.82) is 0 Å². The highest BCUT2D eigenvalue weighted by atomic mass is 32.1. The van der Waals surface area contributed by atoms with Gasteiger partial charge in [0.1, 0.15) is 11.1 Å². The Hall–Kier alpha value is -13.4. The Morgan fingerprint density at radius 2 is 0.368 bits per heavy atom. The average molecular weight is 1540 g/mol. The van der Waals surface area contributed by atoms with Gasteiger partial charge in [0.05, 0.1) is 52.7 Å². The van der Waals surface area contributed by atoms with Crippen molar-refractivity contribution in [2.24, 2.45) is 0 Å². The summed E-state index contributed by atoms with van der Waals surface area (Å²) >= 11 is 9.62. The summed E-state index contributed by atoms with van der Waals surface area (Å²) in [7, 11) is 0. The molecule has 5 nitrogen and oxygen atoms in total. The molecule has 114 heavy (non-hydrogen) atoms. The number of nitrogens with zero attached hydrogens (tertiary/aromatic N) is 4. The lowest BCUT2D eigenvalue weighted by molar-refractivity contribution is 0.674. The first-order valence-electron chi connectivity index (χ1n) is 38.5. The zero-order chi connectivity index (χ0) is 74.4. The third-order valence-corrected chi connectivity index (χ3v) is 29.8. The molecular weight excluding hydrogens is 1480 g/mol. The van der Waals surface area contributed by atoms with E-state index in [1.165, 1.54) is 190 Å². The molecule has 0 unspecified atom stereocenters. The van der Waals surface area contributed by atoms with Crippen molar-refractivity contribution in [3.05, 3.63) is 364 Å². The number of furan rings is 1. The topological polar surface area (TPSA) is 32.9 Å². The van der Waals surface area contributed by atoms with E-state index in [9.17, 15) is 0 Å². The second kappa shape index (κ2) is 25.0. The van der Waals surface area contributed by atoms with Gasteiger partial charge in [0.15, 0.2) is 5.58 Å². The van der Waals surface area contributed by atoms with Crippen molar-refractivity contribution < 1.29 is 4.42 Å². The lowest BCUT2D eigenvalue weighted by Gasteiger charge is -2.09. The molecular formula is C104H60N4OS5. The molecule has 0 atom stereocenters. The number of rotatable bonds is 8. The molecule has 0 aliphatic carbocycles. The molecule has 0 amide bonds. The largest absolute Gasteiger partial charge is 0.453 e. The number of benzene rings is 16. The lowest BCUT2D eigenvalue weighted by atomic mass is 9.99. The Bertz CT molecular complexity index is 7500. The van der Waals surface area contributed by atoms with Gasteiger partial charge in [-0.25, -0.2) is 0 Å². The van der Waals surface area contributed by atoms with Gasteiger partial charge in [0.2, 0.25) is 0 Å². The van der Waals surface area contributed by atoms with Gasteiger partial charge in [0.25, 0.3) is 0 Å². The second-order valence-corrected chi connectivity index (χ2v) is 34.6. The molecule has 26 aromatic rings. The smallest absolute Gasteiger partial charge is 0.161 e. The maximum atomic E-state index is 6.99. The first-order valence-corrected chi connectivity index (χ1v) is 42.6. The molecule has 0 bridgehead atoms. The molecule has 16 aromatic carbocycles. The highest BCUT2D eigenvalue weighted by molar-refractivity contribution is 7.29. The number of fused-ring (bicyclic) bond motifs is 26. The zero-order valence-corrected chi connectivity index (χ0v) is 65.0. The molecule has 10 heterocycles. The quantitative estimate of drug-likeness (QED) is 0.149. The standard InChI is InChI=1S/C52H30N2OS2.C52H30N2S3/c1-3-15-31(16-4-1)53-43-29-9-7-19-39(43)48-45(53)41-27-11-21-33(47(41)55-48)34-22-12-23-35-36-24-13-25-37(50(36)56-49(34)35)38-26-14-28-42-46-52(57-51(38)42)40-20-8-10-30-44(40)54(46)32-17-5-2-6-18-32;1-3-15-31(16-4-1)53-43-29-9-7-19-39(43)51-45(53)41-27-13-25-37(49(41)56-51)35-23-11-21-33-34-22-12-24-36(48(34)55-47(33)35)38-26-14-28-42-46-52(57-50(38)42)40-20-8-10-30-44(40)54(46)32-17-5-2-6-18-32/h2*1-30H. The van der Waals surface area contributed by atoms with Crippen LogP contribution in [0.4, 0.5) is 0 Å². The van der Waals surface area contributed by atoms with E-state index >= 15 is 0 Å². The van der Waals surface area contributed by atoms with Crippen LogP contribution in [0.15, 0.2) is 368 Å². The van der Waals surface area contributed by atoms with Crippen molar-refractivity contribution >= 4 is 224 Å². The van der Waals surface area contributed by atoms with Gasteiger partial charge in [0, 0.05) is 165 Å². The van der Waals surface area contributed by atoms with E-state index in [1.807, 2.05) is 56.7 Å². The fourth-order valence-electron chi connectivity index (χ4n) is 18.7. The Balaban J connectivity index is 0.000000129. The van der Waals surface area contributed by atoms with Crippen molar-refractivity contribution in [3.63, 3.8) is 0 Å². The molecule has 26 rings (SSSR count). The van der Waals surface area contributed by atoms with Gasteiger partial charge >= 0.3 is 0 Å². The van der Waals surface area contributed by atoms with Gasteiger partial charge < -0.3 is 22.7 Å². The fraction of sp³-hybridized carbons (Fsp3) is 0. The summed E-state index contributed by atoms with van der Waals surface area (Å²) in [6.45, 7) is 0. The van der Waals surface area contributed by atoms with Crippen LogP contribution in [0, 0.1) is 0 Å². The number of hydrogen-bond donors (Lipinski definition) is 0. The van der Waals surface area contributed by atoms with E-state index < -0.39 is 0 Å². The summed E-state index contributed by atoms with van der Waals surface area (Å²) < 4.78 is 30.0. The Kier molecular flexibility index (Phi) is 14.1. The summed E-state index contributed by atoms with van der Waals surface area (Å²) in [4.78, 5) is 0. The zero-order valence-electron chi connectivity index (χ0n) is 60.9. The number of thiophene rings is 5. The summed E-state index contributed by atoms with van der Waals surface area (Å²) in [5, 5.41) is 15.2. The van der Waals surface area contributed by atoms with E-state index in [-0.39, 0.29) is 0 Å². The van der Waals surface area contributed by atoms with Gasteiger partial charge in [-0.3, -0.25) is 0 Å². The van der Waals surface area contributed by atoms with Crippen LogP contribution in [0.25, 0.3) is 234 Å². The van der Waals surface area contributed by atoms with Gasteiger partial charge in [-0.2, -0.15) is 0 Å². The lowest BCUT2D eigenvalue weighted by Crippen LogP contribution is -1.92. The number of aromatic nitrogens is 4. The van der Waals surface area contributed by atoms with Crippen LogP contribution in [-0.4, -0.2) is 18.3 Å². The Labute approximate surface area is 672 Å². The molecule has 0 aliphatic rings. The van der Waals surface area contributed by atoms with Crippen LogP contribution >= 0.6 is 56.7 Å². The third kappa shape index (κ3) is 9.25. The van der Waals surface area contributed by atoms with E-state index in [0.29, 0.717) is 0 Å². The van der Waals surface area contributed by atoms with Crippen molar-refractivity contribution in [3.8, 4) is 67.3 Å². The highest BCUT2D eigenvalue weighted by Gasteiger charge is 2.28. The van der Waals surface area contributed by atoms with Crippen LogP contribution in [0.3, 0.4) is 0 Å². The summed E-state index contributed by atoms with van der Waals surface area (Å²) in [6, 6.07) is 133. The van der Waals surface area contributed by atoms with E-state index in [1.54, 1.807) is 0 Å². The normalized spacial score (nSPS) is 12.2. The summed E-state index contributed by atoms with van der Waals surface area (Å²) in [5.41, 5.74) is 26.4. The minimum Gasteiger partial charge on any atom is -0.453 e. The monoisotopic (exact) mass is 1540 g/mol. The van der Waals surface area contributed by atoms with E-state index in [0.717, 1.165) is 44.2 Å². The molecule has 10 aromatic heterocycles. The van der Waals surface area contributed by atoms with Gasteiger partial charge in [-0.15, -0.1) is 56.7 Å². The second-order valence-electron chi connectivity index (χ2n) is 29.5. The van der Waals surface area contributed by atoms with E-state index in [4.69, 9.17) is 4.42 Å². The molecule has 0 aliphatic heterocycles. The van der Waals surface area contributed by atoms with Gasteiger partial charge in [-0.05, 0) is 84.9 Å². The van der Waals surface area contributed by atoms with Crippen LogP contribution in [0.2, 0.25) is 0 Å². The Morgan fingerprint density at radius 3 is 0.693 bits per heavy atom. The molecule has 10 heteroatoms. The van der Waals surface area contributed by atoms with Crippen molar-refractivity contribution in [2.75, 3.05) is 0 Å². The van der Waals surface area contributed by atoms with Crippen molar-refractivity contribution in [1.82, 2.24) is 18.3 Å². The molecule has 0 saturated carbocycles. The van der Waals surface area contributed by atoms with Crippen LogP contribution in [0.5, 0.6) is 0 Å². The molecule has 0 radical (unpaired) electrons. The van der Waals surface area contributed by atoms with Crippen LogP contribution in [-0.2, 0) is 0 Å². The molecule has 0 saturated heterocycles. The van der Waals surface area contributed by atoms with Gasteiger partial charge in [-0.1, -0.05) is 279 Å². The first kappa shape index (κ1) is 64.3. The average Bonchev–Trinajstić information content (AvgIpc) is 1.57. The summed E-state index contributed by atoms with van der Waals surface area (Å²) in [5.74, 6) is 0. The fourth-order valence-corrected chi connectivity index (χ4v) is 25.4. The maximum absolute atomic E-state index is 6.99. The molecule has 0 N–H and O–H groups in total. The maximum Gasteiger partial charge on any atom is 0.161 e. The van der Waals surface area contributed by atoms with Crippen molar-refractivity contribution in [2.45, 2.75) is 0 Å².